The van der Waals surface area contributed by atoms with Crippen LogP contribution < -0.4 is 10.1 Å². The zero-order valence-electron chi connectivity index (χ0n) is 16.7. The lowest BCUT2D eigenvalue weighted by molar-refractivity contribution is -0.0498. The minimum atomic E-state index is -2.85. The Labute approximate surface area is 178 Å². The van der Waals surface area contributed by atoms with Crippen molar-refractivity contribution in [2.75, 3.05) is 6.54 Å². The summed E-state index contributed by atoms with van der Waals surface area (Å²) in [5.41, 5.74) is 3.49. The van der Waals surface area contributed by atoms with Gasteiger partial charge in [-0.1, -0.05) is 36.4 Å². The van der Waals surface area contributed by atoms with Crippen LogP contribution in [0, 0.1) is 0 Å². The molecule has 0 aliphatic rings. The molecule has 0 bridgehead atoms. The summed E-state index contributed by atoms with van der Waals surface area (Å²) in [5, 5.41) is 3.84. The molecule has 0 unspecified atom stereocenters. The zero-order chi connectivity index (χ0) is 21.6. The van der Waals surface area contributed by atoms with Crippen LogP contribution in [0.3, 0.4) is 0 Å². The number of para-hydroxylation sites is 1. The molecule has 2 heterocycles. The van der Waals surface area contributed by atoms with E-state index in [1.54, 1.807) is 24.5 Å². The van der Waals surface area contributed by atoms with E-state index in [1.165, 1.54) is 12.1 Å². The van der Waals surface area contributed by atoms with Crippen LogP contribution in [-0.4, -0.2) is 28.6 Å². The topological polar surface area (TPSA) is 56.2 Å². The number of benzene rings is 2. The molecule has 2 aromatic carbocycles. The molecular formula is C24H21F2N3O2. The van der Waals surface area contributed by atoms with Gasteiger partial charge in [-0.2, -0.15) is 8.78 Å². The van der Waals surface area contributed by atoms with Gasteiger partial charge in [0.1, 0.15) is 5.75 Å². The largest absolute Gasteiger partial charge is 0.435 e. The number of fused-ring (bicyclic) bond motifs is 1. The fourth-order valence-corrected chi connectivity index (χ4v) is 3.49. The minimum absolute atomic E-state index is 0.116. The van der Waals surface area contributed by atoms with Crippen LogP contribution in [0.5, 0.6) is 5.75 Å². The Morgan fingerprint density at radius 2 is 1.84 bits per heavy atom. The highest BCUT2D eigenvalue weighted by Gasteiger charge is 2.15. The SMILES string of the molecule is O=C(NCCc1cccnc1)c1cn(Cc2ccc(OC(F)F)cc2)c2ccccc12. The summed E-state index contributed by atoms with van der Waals surface area (Å²) in [6.45, 7) is -1.84. The smallest absolute Gasteiger partial charge is 0.387 e. The molecular weight excluding hydrogens is 400 g/mol. The van der Waals surface area contributed by atoms with E-state index in [1.807, 2.05) is 47.2 Å². The summed E-state index contributed by atoms with van der Waals surface area (Å²) in [6, 6.07) is 18.0. The van der Waals surface area contributed by atoms with Gasteiger partial charge in [-0.05, 0) is 41.8 Å². The molecule has 7 heteroatoms. The highest BCUT2D eigenvalue weighted by atomic mass is 19.3. The number of amides is 1. The van der Waals surface area contributed by atoms with Gasteiger partial charge >= 0.3 is 6.61 Å². The Balaban J connectivity index is 1.49. The maximum Gasteiger partial charge on any atom is 0.387 e. The molecule has 0 atom stereocenters. The first kappa shape index (κ1) is 20.5. The number of nitrogens with one attached hydrogen (secondary N) is 1. The molecule has 5 nitrogen and oxygen atoms in total. The molecule has 4 aromatic rings. The van der Waals surface area contributed by atoms with Crippen LogP contribution in [0.25, 0.3) is 10.9 Å². The van der Waals surface area contributed by atoms with Crippen molar-refractivity contribution in [2.45, 2.75) is 19.6 Å². The van der Waals surface area contributed by atoms with Crippen molar-refractivity contribution in [3.8, 4) is 5.75 Å². The third kappa shape index (κ3) is 5.06. The molecule has 2 aromatic heterocycles. The van der Waals surface area contributed by atoms with Gasteiger partial charge in [0.05, 0.1) is 5.56 Å². The highest BCUT2D eigenvalue weighted by Crippen LogP contribution is 2.23. The number of rotatable bonds is 8. The van der Waals surface area contributed by atoms with E-state index < -0.39 is 6.61 Å². The summed E-state index contributed by atoms with van der Waals surface area (Å²) >= 11 is 0. The lowest BCUT2D eigenvalue weighted by Gasteiger charge is -2.08. The Morgan fingerprint density at radius 3 is 2.58 bits per heavy atom. The first-order valence-corrected chi connectivity index (χ1v) is 9.89. The molecule has 0 aliphatic heterocycles. The molecule has 1 amide bonds. The summed E-state index contributed by atoms with van der Waals surface area (Å²) in [4.78, 5) is 16.9. The summed E-state index contributed by atoms with van der Waals surface area (Å²) in [5.74, 6) is -0.0238. The van der Waals surface area contributed by atoms with Gasteiger partial charge in [-0.25, -0.2) is 0 Å². The van der Waals surface area contributed by atoms with Gasteiger partial charge < -0.3 is 14.6 Å². The van der Waals surface area contributed by atoms with E-state index in [0.717, 1.165) is 22.0 Å². The molecule has 0 saturated carbocycles. The van der Waals surface area contributed by atoms with Crippen LogP contribution in [0.4, 0.5) is 8.78 Å². The Hall–Kier alpha value is -3.74. The van der Waals surface area contributed by atoms with Crippen molar-refractivity contribution in [3.05, 3.63) is 95.9 Å². The van der Waals surface area contributed by atoms with Gasteiger partial charge in [-0.3, -0.25) is 9.78 Å². The monoisotopic (exact) mass is 421 g/mol. The van der Waals surface area contributed by atoms with Crippen LogP contribution >= 0.6 is 0 Å². The standard InChI is InChI=1S/C24H21F2N3O2/c25-24(26)31-19-9-7-18(8-10-19)15-29-16-21(20-5-1-2-6-22(20)29)23(30)28-13-11-17-4-3-12-27-14-17/h1-10,12,14,16,24H,11,13,15H2,(H,28,30). The molecule has 0 saturated heterocycles. The summed E-state index contributed by atoms with van der Waals surface area (Å²) < 4.78 is 31.1. The van der Waals surface area contributed by atoms with Crippen molar-refractivity contribution in [3.63, 3.8) is 0 Å². The Bertz CT molecular complexity index is 1160. The number of alkyl halides is 2. The first-order valence-electron chi connectivity index (χ1n) is 9.89. The third-order valence-electron chi connectivity index (χ3n) is 4.96. The second-order valence-corrected chi connectivity index (χ2v) is 7.08. The maximum absolute atomic E-state index is 12.8. The summed E-state index contributed by atoms with van der Waals surface area (Å²) in [6.07, 6.45) is 6.03. The van der Waals surface area contributed by atoms with E-state index in [4.69, 9.17) is 0 Å². The maximum atomic E-state index is 12.8. The molecule has 158 valence electrons. The molecule has 0 spiro atoms. The fraction of sp³-hybridized carbons (Fsp3) is 0.167. The van der Waals surface area contributed by atoms with E-state index >= 15 is 0 Å². The third-order valence-corrected chi connectivity index (χ3v) is 4.96. The number of halogens is 2. The lowest BCUT2D eigenvalue weighted by Crippen LogP contribution is -2.25. The van der Waals surface area contributed by atoms with Crippen molar-refractivity contribution in [1.29, 1.82) is 0 Å². The quantitative estimate of drug-likeness (QED) is 0.450. The average molecular weight is 421 g/mol. The van der Waals surface area contributed by atoms with Crippen molar-refractivity contribution >= 4 is 16.8 Å². The second-order valence-electron chi connectivity index (χ2n) is 7.08. The number of ether oxygens (including phenoxy) is 1. The van der Waals surface area contributed by atoms with E-state index in [9.17, 15) is 13.6 Å². The fourth-order valence-electron chi connectivity index (χ4n) is 3.49. The normalized spacial score (nSPS) is 11.1. The number of hydrogen-bond acceptors (Lipinski definition) is 3. The van der Waals surface area contributed by atoms with Crippen LogP contribution in [0.15, 0.2) is 79.3 Å². The lowest BCUT2D eigenvalue weighted by atomic mass is 10.1. The van der Waals surface area contributed by atoms with Gasteiger partial charge in [0, 0.05) is 42.6 Å². The average Bonchev–Trinajstić information content (AvgIpc) is 3.14. The van der Waals surface area contributed by atoms with E-state index in [-0.39, 0.29) is 11.7 Å². The van der Waals surface area contributed by atoms with Crippen LogP contribution in [0.1, 0.15) is 21.5 Å². The molecule has 0 radical (unpaired) electrons. The highest BCUT2D eigenvalue weighted by molar-refractivity contribution is 6.07. The number of hydrogen-bond donors (Lipinski definition) is 1. The number of aromatic nitrogens is 2. The first-order chi connectivity index (χ1) is 15.1. The number of pyridine rings is 1. The van der Waals surface area contributed by atoms with Crippen LogP contribution in [0.2, 0.25) is 0 Å². The van der Waals surface area contributed by atoms with Gasteiger partial charge in [-0.15, -0.1) is 0 Å². The Morgan fingerprint density at radius 1 is 1.03 bits per heavy atom. The molecule has 1 N–H and O–H groups in total. The zero-order valence-corrected chi connectivity index (χ0v) is 16.7. The molecule has 0 fully saturated rings. The van der Waals surface area contributed by atoms with E-state index in [0.29, 0.717) is 25.1 Å². The predicted molar refractivity (Wildman–Crippen MR) is 114 cm³/mol. The van der Waals surface area contributed by atoms with Crippen molar-refractivity contribution in [1.82, 2.24) is 14.9 Å². The van der Waals surface area contributed by atoms with Gasteiger partial charge in [0.2, 0.25) is 0 Å². The Kier molecular flexibility index (Phi) is 6.21. The second kappa shape index (κ2) is 9.38. The van der Waals surface area contributed by atoms with Crippen molar-refractivity contribution in [2.24, 2.45) is 0 Å². The number of carbonyl (C=O) groups excluding carboxylic acids is 1. The molecule has 4 rings (SSSR count). The minimum Gasteiger partial charge on any atom is -0.435 e. The molecule has 0 aliphatic carbocycles. The van der Waals surface area contributed by atoms with Crippen LogP contribution in [-0.2, 0) is 13.0 Å². The number of nitrogens with zero attached hydrogens (tertiary/aromatic N) is 2. The van der Waals surface area contributed by atoms with Crippen molar-refractivity contribution < 1.29 is 18.3 Å². The predicted octanol–water partition coefficient (Wildman–Crippen LogP) is 4.66. The van der Waals surface area contributed by atoms with Gasteiger partial charge in [0.25, 0.3) is 5.91 Å². The number of carbonyl (C=O) groups is 1. The van der Waals surface area contributed by atoms with E-state index in [2.05, 4.69) is 15.0 Å². The summed E-state index contributed by atoms with van der Waals surface area (Å²) in [7, 11) is 0. The molecule has 31 heavy (non-hydrogen) atoms. The van der Waals surface area contributed by atoms with Gasteiger partial charge in [0.15, 0.2) is 0 Å².